The van der Waals surface area contributed by atoms with Crippen LogP contribution in [0.1, 0.15) is 11.3 Å². The van der Waals surface area contributed by atoms with Gasteiger partial charge in [-0.15, -0.1) is 13.2 Å². The van der Waals surface area contributed by atoms with E-state index in [4.69, 9.17) is 16.6 Å². The Balaban J connectivity index is 3.14. The van der Waals surface area contributed by atoms with E-state index >= 15 is 0 Å². The molecule has 0 saturated heterocycles. The molecule has 1 aromatic heterocycles. The van der Waals surface area contributed by atoms with Gasteiger partial charge < -0.3 is 21.3 Å². The lowest BCUT2D eigenvalue weighted by Crippen LogP contribution is -2.20. The van der Waals surface area contributed by atoms with E-state index in [9.17, 15) is 18.0 Å². The van der Waals surface area contributed by atoms with Gasteiger partial charge in [0.25, 0.3) is 0 Å². The monoisotopic (exact) mass is 265 g/mol. The molecule has 18 heavy (non-hydrogen) atoms. The molecule has 0 aliphatic heterocycles. The lowest BCUT2D eigenvalue weighted by molar-refractivity contribution is -0.276. The lowest BCUT2D eigenvalue weighted by Gasteiger charge is -2.13. The van der Waals surface area contributed by atoms with Crippen molar-refractivity contribution in [3.05, 3.63) is 17.3 Å². The summed E-state index contributed by atoms with van der Waals surface area (Å²) in [6.07, 6.45) is -5.38. The molecule has 0 fully saturated rings. The van der Waals surface area contributed by atoms with Gasteiger partial charge in [0, 0.05) is 23.9 Å². The zero-order chi connectivity index (χ0) is 13.9. The summed E-state index contributed by atoms with van der Waals surface area (Å²) >= 11 is 0. The lowest BCUT2D eigenvalue weighted by atomic mass is 10.1. The smallest absolute Gasteiger partial charge is 0.481 e. The molecular formula is C9H10F3N3O3. The van der Waals surface area contributed by atoms with Gasteiger partial charge in [-0.2, -0.15) is 0 Å². The molecule has 1 rings (SSSR count). The molecule has 0 unspecified atom stereocenters. The maximum atomic E-state index is 12.0. The van der Waals surface area contributed by atoms with Crippen LogP contribution in [0.5, 0.6) is 5.88 Å². The van der Waals surface area contributed by atoms with E-state index in [1.807, 2.05) is 0 Å². The number of hydrogen-bond donors (Lipinski definition) is 3. The van der Waals surface area contributed by atoms with E-state index in [1.165, 1.54) is 0 Å². The Morgan fingerprint density at radius 3 is 2.56 bits per heavy atom. The third kappa shape index (κ3) is 3.77. The number of pyridine rings is 1. The second kappa shape index (κ2) is 5.08. The van der Waals surface area contributed by atoms with Crippen molar-refractivity contribution in [2.75, 3.05) is 5.73 Å². The fraction of sp³-hybridized carbons (Fsp3) is 0.333. The van der Waals surface area contributed by atoms with Gasteiger partial charge in [0.1, 0.15) is 0 Å². The number of carbonyl (C=O) groups is 1. The Kier molecular flexibility index (Phi) is 3.96. The van der Waals surface area contributed by atoms with Gasteiger partial charge in [0.05, 0.1) is 12.1 Å². The summed E-state index contributed by atoms with van der Waals surface area (Å²) in [5.74, 6) is -1.96. The average molecular weight is 265 g/mol. The first-order valence-electron chi connectivity index (χ1n) is 4.69. The first-order chi connectivity index (χ1) is 8.23. The summed E-state index contributed by atoms with van der Waals surface area (Å²) in [6.45, 7) is -0.248. The molecule has 0 spiro atoms. The Hall–Kier alpha value is -2.03. The quantitative estimate of drug-likeness (QED) is 0.736. The van der Waals surface area contributed by atoms with Crippen LogP contribution in [-0.2, 0) is 17.8 Å². The zero-order valence-corrected chi connectivity index (χ0v) is 8.99. The van der Waals surface area contributed by atoms with Crippen molar-refractivity contribution >= 4 is 11.7 Å². The fourth-order valence-corrected chi connectivity index (χ4v) is 1.31. The molecule has 0 amide bonds. The van der Waals surface area contributed by atoms with E-state index in [0.717, 1.165) is 6.07 Å². The number of nitrogen functional groups attached to an aromatic ring is 1. The predicted molar refractivity (Wildman–Crippen MR) is 54.6 cm³/mol. The molecular weight excluding hydrogens is 255 g/mol. The number of carboxylic acids is 1. The van der Waals surface area contributed by atoms with Crippen LogP contribution in [0.2, 0.25) is 0 Å². The summed E-state index contributed by atoms with van der Waals surface area (Å²) in [6, 6.07) is 0.810. The number of ether oxygens (including phenoxy) is 1. The number of aromatic nitrogens is 1. The van der Waals surface area contributed by atoms with Crippen LogP contribution < -0.4 is 16.2 Å². The number of anilines is 1. The van der Waals surface area contributed by atoms with E-state index < -0.39 is 24.6 Å². The standard InChI is InChI=1S/C9H10F3N3O3/c10-9(11,12)18-7-2-5(14)4(1-8(16)17)6(3-13)15-7/h2H,1,3,13H2,(H2,14,15)(H,16,17). The number of alkyl halides is 3. The van der Waals surface area contributed by atoms with Crippen LogP contribution in [0, 0.1) is 0 Å². The van der Waals surface area contributed by atoms with Gasteiger partial charge in [-0.05, 0) is 0 Å². The zero-order valence-electron chi connectivity index (χ0n) is 8.99. The third-order valence-corrected chi connectivity index (χ3v) is 1.96. The Labute approximate surface area is 99.4 Å². The first-order valence-corrected chi connectivity index (χ1v) is 4.69. The van der Waals surface area contributed by atoms with Crippen molar-refractivity contribution in [1.82, 2.24) is 4.98 Å². The van der Waals surface area contributed by atoms with Crippen molar-refractivity contribution in [1.29, 1.82) is 0 Å². The number of hydrogen-bond acceptors (Lipinski definition) is 5. The average Bonchev–Trinajstić information content (AvgIpc) is 2.18. The summed E-state index contributed by atoms with van der Waals surface area (Å²) < 4.78 is 39.6. The van der Waals surface area contributed by atoms with Crippen molar-refractivity contribution in [2.45, 2.75) is 19.3 Å². The molecule has 1 heterocycles. The van der Waals surface area contributed by atoms with Gasteiger partial charge in [-0.3, -0.25) is 4.79 Å². The molecule has 0 bridgehead atoms. The minimum absolute atomic E-state index is 0.0448. The molecule has 0 aromatic carbocycles. The molecule has 0 saturated carbocycles. The van der Waals surface area contributed by atoms with E-state index in [1.54, 1.807) is 0 Å². The fourth-order valence-electron chi connectivity index (χ4n) is 1.31. The van der Waals surface area contributed by atoms with Crippen LogP contribution in [0.3, 0.4) is 0 Å². The maximum absolute atomic E-state index is 12.0. The minimum atomic E-state index is -4.90. The number of nitrogens with two attached hydrogens (primary N) is 2. The molecule has 0 aliphatic rings. The number of carboxylic acid groups (broad SMARTS) is 1. The number of nitrogens with zero attached hydrogens (tertiary/aromatic N) is 1. The number of rotatable bonds is 4. The molecule has 9 heteroatoms. The Morgan fingerprint density at radius 1 is 1.50 bits per heavy atom. The largest absolute Gasteiger partial charge is 0.574 e. The Morgan fingerprint density at radius 2 is 2.11 bits per heavy atom. The predicted octanol–water partition coefficient (Wildman–Crippen LogP) is 0.648. The molecule has 0 radical (unpaired) electrons. The van der Waals surface area contributed by atoms with Crippen molar-refractivity contribution < 1.29 is 27.8 Å². The summed E-state index contributed by atoms with van der Waals surface area (Å²) in [4.78, 5) is 14.0. The first kappa shape index (κ1) is 14.0. The molecule has 5 N–H and O–H groups in total. The van der Waals surface area contributed by atoms with Crippen LogP contribution in [0.25, 0.3) is 0 Å². The van der Waals surface area contributed by atoms with Gasteiger partial charge in [-0.1, -0.05) is 0 Å². The van der Waals surface area contributed by atoms with Crippen LogP contribution in [-0.4, -0.2) is 22.4 Å². The van der Waals surface area contributed by atoms with Crippen LogP contribution in [0.15, 0.2) is 6.07 Å². The van der Waals surface area contributed by atoms with Crippen molar-refractivity contribution in [3.8, 4) is 5.88 Å². The SMILES string of the molecule is NCc1nc(OC(F)(F)F)cc(N)c1CC(=O)O. The van der Waals surface area contributed by atoms with E-state index in [-0.39, 0.29) is 23.5 Å². The third-order valence-electron chi connectivity index (χ3n) is 1.96. The highest BCUT2D eigenvalue weighted by atomic mass is 19.4. The van der Waals surface area contributed by atoms with Gasteiger partial charge in [0.15, 0.2) is 0 Å². The molecule has 6 nitrogen and oxygen atoms in total. The highest BCUT2D eigenvalue weighted by Gasteiger charge is 2.32. The normalized spacial score (nSPS) is 11.3. The molecule has 1 aromatic rings. The van der Waals surface area contributed by atoms with Crippen LogP contribution >= 0.6 is 0 Å². The summed E-state index contributed by atoms with van der Waals surface area (Å²) in [5.41, 5.74) is 10.6. The van der Waals surface area contributed by atoms with Gasteiger partial charge >= 0.3 is 12.3 Å². The summed E-state index contributed by atoms with van der Waals surface area (Å²) in [5, 5.41) is 8.63. The van der Waals surface area contributed by atoms with E-state index in [2.05, 4.69) is 9.72 Å². The highest BCUT2D eigenvalue weighted by Crippen LogP contribution is 2.26. The number of aliphatic carboxylic acids is 1. The van der Waals surface area contributed by atoms with Gasteiger partial charge in [-0.25, -0.2) is 4.98 Å². The van der Waals surface area contributed by atoms with E-state index in [0.29, 0.717) is 0 Å². The Bertz CT molecular complexity index is 462. The second-order valence-corrected chi connectivity index (χ2v) is 3.30. The number of halogens is 3. The molecule has 0 atom stereocenters. The topological polar surface area (TPSA) is 111 Å². The van der Waals surface area contributed by atoms with Crippen molar-refractivity contribution in [3.63, 3.8) is 0 Å². The summed E-state index contributed by atoms with van der Waals surface area (Å²) in [7, 11) is 0. The van der Waals surface area contributed by atoms with Crippen molar-refractivity contribution in [2.24, 2.45) is 5.73 Å². The van der Waals surface area contributed by atoms with Crippen LogP contribution in [0.4, 0.5) is 18.9 Å². The van der Waals surface area contributed by atoms with Gasteiger partial charge in [0.2, 0.25) is 5.88 Å². The molecule has 100 valence electrons. The highest BCUT2D eigenvalue weighted by molar-refractivity contribution is 5.73. The maximum Gasteiger partial charge on any atom is 0.574 e. The minimum Gasteiger partial charge on any atom is -0.481 e. The molecule has 0 aliphatic carbocycles. The second-order valence-electron chi connectivity index (χ2n) is 3.30.